The van der Waals surface area contributed by atoms with Crippen molar-refractivity contribution < 1.29 is 4.42 Å². The van der Waals surface area contributed by atoms with Crippen LogP contribution in [-0.4, -0.2) is 34.3 Å². The average Bonchev–Trinajstić information content (AvgIpc) is 3.29. The van der Waals surface area contributed by atoms with Crippen LogP contribution in [0.5, 0.6) is 0 Å². The highest BCUT2D eigenvalue weighted by atomic mass is 16.3. The van der Waals surface area contributed by atoms with Crippen LogP contribution in [0.1, 0.15) is 25.0 Å². The molecule has 0 aliphatic carbocycles. The fourth-order valence-electron chi connectivity index (χ4n) is 3.56. The number of benzene rings is 1. The van der Waals surface area contributed by atoms with Crippen LogP contribution < -0.4 is 5.73 Å². The molecule has 1 aliphatic rings. The number of aryl methyl sites for hydroxylation is 2. The lowest BCUT2D eigenvalue weighted by atomic mass is 10.1. The highest BCUT2D eigenvalue weighted by molar-refractivity contribution is 5.94. The predicted octanol–water partition coefficient (Wildman–Crippen LogP) is 3.67. The fourth-order valence-corrected chi connectivity index (χ4v) is 3.56. The van der Waals surface area contributed by atoms with Crippen molar-refractivity contribution >= 4 is 16.6 Å². The van der Waals surface area contributed by atoms with Gasteiger partial charge >= 0.3 is 0 Å². The summed E-state index contributed by atoms with van der Waals surface area (Å²) in [5.74, 6) is 1.76. The first-order valence-electron chi connectivity index (χ1n) is 8.75. The highest BCUT2D eigenvalue weighted by Crippen LogP contribution is 2.30. The zero-order valence-corrected chi connectivity index (χ0v) is 14.2. The minimum atomic E-state index is 0.752. The SMILES string of the molecule is Cc1ccc(-c2cc(N)c3cnn(CCCN4CCCC4)c3c2)o1. The molecule has 0 radical (unpaired) electrons. The van der Waals surface area contributed by atoms with E-state index in [2.05, 4.69) is 20.7 Å². The lowest BCUT2D eigenvalue weighted by Crippen LogP contribution is -2.21. The van der Waals surface area contributed by atoms with E-state index in [0.29, 0.717) is 0 Å². The largest absolute Gasteiger partial charge is 0.461 e. The molecule has 3 aromatic rings. The van der Waals surface area contributed by atoms with E-state index in [1.165, 1.54) is 25.9 Å². The lowest BCUT2D eigenvalue weighted by Gasteiger charge is -2.14. The zero-order valence-electron chi connectivity index (χ0n) is 14.2. The number of fused-ring (bicyclic) bond motifs is 1. The van der Waals surface area contributed by atoms with Gasteiger partial charge in [-0.05, 0) is 70.1 Å². The van der Waals surface area contributed by atoms with Gasteiger partial charge < -0.3 is 15.1 Å². The van der Waals surface area contributed by atoms with Gasteiger partial charge in [0, 0.05) is 23.2 Å². The van der Waals surface area contributed by atoms with E-state index in [9.17, 15) is 0 Å². The minimum Gasteiger partial charge on any atom is -0.461 e. The maximum Gasteiger partial charge on any atom is 0.134 e. The predicted molar refractivity (Wildman–Crippen MR) is 96.9 cm³/mol. The Hall–Kier alpha value is -2.27. The van der Waals surface area contributed by atoms with Crippen molar-refractivity contribution in [2.75, 3.05) is 25.4 Å². The number of aromatic nitrogens is 2. The van der Waals surface area contributed by atoms with Gasteiger partial charge in [0.1, 0.15) is 11.5 Å². The summed E-state index contributed by atoms with van der Waals surface area (Å²) in [5.41, 5.74) is 9.08. The molecule has 1 saturated heterocycles. The Morgan fingerprint density at radius 1 is 1.17 bits per heavy atom. The number of nitrogen functional groups attached to an aromatic ring is 1. The number of hydrogen-bond acceptors (Lipinski definition) is 4. The maximum atomic E-state index is 6.24. The van der Waals surface area contributed by atoms with Crippen LogP contribution in [0.2, 0.25) is 0 Å². The Kier molecular flexibility index (Phi) is 4.02. The van der Waals surface area contributed by atoms with Gasteiger partial charge in [0.15, 0.2) is 0 Å². The summed E-state index contributed by atoms with van der Waals surface area (Å²) in [4.78, 5) is 2.54. The highest BCUT2D eigenvalue weighted by Gasteiger charge is 2.13. The first-order chi connectivity index (χ1) is 11.7. The van der Waals surface area contributed by atoms with Crippen molar-refractivity contribution in [3.05, 3.63) is 36.2 Å². The van der Waals surface area contributed by atoms with Gasteiger partial charge in [-0.3, -0.25) is 4.68 Å². The summed E-state index contributed by atoms with van der Waals surface area (Å²) in [6.45, 7) is 6.51. The second kappa shape index (κ2) is 6.32. The molecule has 0 amide bonds. The molecule has 2 N–H and O–H groups in total. The third kappa shape index (κ3) is 2.91. The minimum absolute atomic E-state index is 0.752. The van der Waals surface area contributed by atoms with Gasteiger partial charge in [-0.15, -0.1) is 0 Å². The van der Waals surface area contributed by atoms with Crippen molar-refractivity contribution in [2.24, 2.45) is 0 Å². The molecule has 126 valence electrons. The third-order valence-electron chi connectivity index (χ3n) is 4.86. The van der Waals surface area contributed by atoms with Gasteiger partial charge in [0.2, 0.25) is 0 Å². The van der Waals surface area contributed by atoms with E-state index in [-0.39, 0.29) is 0 Å². The van der Waals surface area contributed by atoms with Gasteiger partial charge in [0.05, 0.1) is 11.7 Å². The molecular formula is C19H24N4O. The topological polar surface area (TPSA) is 60.2 Å². The quantitative estimate of drug-likeness (QED) is 0.727. The van der Waals surface area contributed by atoms with Gasteiger partial charge in [-0.2, -0.15) is 5.10 Å². The second-order valence-electron chi connectivity index (χ2n) is 6.68. The normalized spacial score (nSPS) is 15.5. The third-order valence-corrected chi connectivity index (χ3v) is 4.86. The molecule has 1 aliphatic heterocycles. The number of rotatable bonds is 5. The average molecular weight is 324 g/mol. The van der Waals surface area contributed by atoms with Crippen molar-refractivity contribution in [1.82, 2.24) is 14.7 Å². The molecule has 0 atom stereocenters. The van der Waals surface area contributed by atoms with Gasteiger partial charge in [-0.1, -0.05) is 0 Å². The molecule has 0 saturated carbocycles. The van der Waals surface area contributed by atoms with Crippen LogP contribution >= 0.6 is 0 Å². The second-order valence-corrected chi connectivity index (χ2v) is 6.68. The number of likely N-dealkylation sites (tertiary alicyclic amines) is 1. The Balaban J connectivity index is 1.58. The van der Waals surface area contributed by atoms with Crippen LogP contribution in [-0.2, 0) is 6.54 Å². The molecular weight excluding hydrogens is 300 g/mol. The Bertz CT molecular complexity index is 842. The Labute approximate surface area is 142 Å². The molecule has 24 heavy (non-hydrogen) atoms. The Morgan fingerprint density at radius 3 is 2.75 bits per heavy atom. The van der Waals surface area contributed by atoms with Crippen molar-refractivity contribution in [3.8, 4) is 11.3 Å². The molecule has 2 aromatic heterocycles. The van der Waals surface area contributed by atoms with E-state index >= 15 is 0 Å². The Morgan fingerprint density at radius 2 is 2.00 bits per heavy atom. The molecule has 0 unspecified atom stereocenters. The van der Waals surface area contributed by atoms with Crippen molar-refractivity contribution in [1.29, 1.82) is 0 Å². The summed E-state index contributed by atoms with van der Waals surface area (Å²) in [5, 5.41) is 5.56. The number of nitrogens with two attached hydrogens (primary N) is 1. The summed E-state index contributed by atoms with van der Waals surface area (Å²) in [6.07, 6.45) is 5.67. The molecule has 5 nitrogen and oxygen atoms in total. The van der Waals surface area contributed by atoms with E-state index in [4.69, 9.17) is 10.2 Å². The lowest BCUT2D eigenvalue weighted by molar-refractivity contribution is 0.323. The summed E-state index contributed by atoms with van der Waals surface area (Å²) in [7, 11) is 0. The number of nitrogens with zero attached hydrogens (tertiary/aromatic N) is 3. The van der Waals surface area contributed by atoms with Crippen molar-refractivity contribution in [3.63, 3.8) is 0 Å². The molecule has 3 heterocycles. The molecule has 0 spiro atoms. The van der Waals surface area contributed by atoms with Crippen LogP contribution in [0.25, 0.3) is 22.2 Å². The summed E-state index contributed by atoms with van der Waals surface area (Å²) in [6, 6.07) is 8.07. The monoisotopic (exact) mass is 324 g/mol. The van der Waals surface area contributed by atoms with E-state index in [1.54, 1.807) is 0 Å². The number of furan rings is 1. The van der Waals surface area contributed by atoms with Crippen LogP contribution in [0, 0.1) is 6.92 Å². The van der Waals surface area contributed by atoms with Gasteiger partial charge in [0.25, 0.3) is 0 Å². The summed E-state index contributed by atoms with van der Waals surface area (Å²) >= 11 is 0. The van der Waals surface area contributed by atoms with Crippen LogP contribution in [0.4, 0.5) is 5.69 Å². The van der Waals surface area contributed by atoms with E-state index < -0.39 is 0 Å². The maximum absolute atomic E-state index is 6.24. The number of hydrogen-bond donors (Lipinski definition) is 1. The summed E-state index contributed by atoms with van der Waals surface area (Å²) < 4.78 is 7.82. The smallest absolute Gasteiger partial charge is 0.134 e. The molecule has 5 heteroatoms. The molecule has 0 bridgehead atoms. The van der Waals surface area contributed by atoms with Gasteiger partial charge in [-0.25, -0.2) is 0 Å². The van der Waals surface area contributed by atoms with E-state index in [0.717, 1.165) is 53.2 Å². The zero-order chi connectivity index (χ0) is 16.5. The first-order valence-corrected chi connectivity index (χ1v) is 8.75. The van der Waals surface area contributed by atoms with Crippen molar-refractivity contribution in [2.45, 2.75) is 32.7 Å². The van der Waals surface area contributed by atoms with Crippen LogP contribution in [0.15, 0.2) is 34.9 Å². The fraction of sp³-hybridized carbons (Fsp3) is 0.421. The first kappa shape index (κ1) is 15.3. The molecule has 1 fully saturated rings. The van der Waals surface area contributed by atoms with Crippen LogP contribution in [0.3, 0.4) is 0 Å². The number of anilines is 1. The standard InChI is InChI=1S/C19H24N4O/c1-14-5-6-19(24-14)15-11-17(20)16-13-21-23(18(16)12-15)10-4-9-22-7-2-3-8-22/h5-6,11-13H,2-4,7-10,20H2,1H3. The van der Waals surface area contributed by atoms with E-state index in [1.807, 2.05) is 31.3 Å². The molecule has 4 rings (SSSR count). The molecule has 1 aromatic carbocycles.